The van der Waals surface area contributed by atoms with E-state index in [1.165, 1.54) is 11.3 Å². The molecule has 1 heterocycles. The third-order valence-electron chi connectivity index (χ3n) is 4.31. The summed E-state index contributed by atoms with van der Waals surface area (Å²) in [6.07, 6.45) is 4.03. The minimum absolute atomic E-state index is 0.131. The third kappa shape index (κ3) is 6.60. The fourth-order valence-corrected chi connectivity index (χ4v) is 3.58. The molecular weight excluding hydrogens is 376 g/mol. The fourth-order valence-electron chi connectivity index (χ4n) is 2.55. The van der Waals surface area contributed by atoms with Crippen LogP contribution in [0.15, 0.2) is 24.3 Å². The average molecular weight is 405 g/mol. The first-order chi connectivity index (χ1) is 13.6. The Morgan fingerprint density at radius 2 is 1.82 bits per heavy atom. The van der Waals surface area contributed by atoms with Gasteiger partial charge in [-0.2, -0.15) is 0 Å². The highest BCUT2D eigenvalue weighted by atomic mass is 32.1. The number of carbonyl (C=O) groups excluding carboxylic acids is 2. The van der Waals surface area contributed by atoms with Gasteiger partial charge in [0.25, 0.3) is 5.91 Å². The normalized spacial score (nSPS) is 10.7. The van der Waals surface area contributed by atoms with E-state index in [0.717, 1.165) is 36.4 Å². The lowest BCUT2D eigenvalue weighted by Gasteiger charge is -2.07. The van der Waals surface area contributed by atoms with Crippen LogP contribution in [0.3, 0.4) is 0 Å². The summed E-state index contributed by atoms with van der Waals surface area (Å²) in [4.78, 5) is 24.2. The lowest BCUT2D eigenvalue weighted by Crippen LogP contribution is -2.32. The number of carbonyl (C=O) groups is 2. The number of hydrogen-bond donors (Lipinski definition) is 2. The van der Waals surface area contributed by atoms with Crippen molar-refractivity contribution in [1.29, 1.82) is 0 Å². The van der Waals surface area contributed by atoms with E-state index in [-0.39, 0.29) is 18.4 Å². The van der Waals surface area contributed by atoms with Gasteiger partial charge >= 0.3 is 0 Å². The standard InChI is InChI=1S/C20H28N4O3S/c1-4-7-12-27-16-10-8-15(9-11-16)18(26)21-13-17(25)22-20-24-23-19(28-20)14(5-2)6-3/h8-11,14H,4-7,12-13H2,1-3H3,(H,21,26)(H,22,24,25). The molecule has 2 amide bonds. The second kappa shape index (κ2) is 11.4. The van der Waals surface area contributed by atoms with Gasteiger partial charge < -0.3 is 10.1 Å². The molecule has 0 saturated heterocycles. The number of nitrogens with one attached hydrogen (secondary N) is 2. The first-order valence-corrected chi connectivity index (χ1v) is 10.5. The van der Waals surface area contributed by atoms with Crippen molar-refractivity contribution < 1.29 is 14.3 Å². The molecular formula is C20H28N4O3S. The smallest absolute Gasteiger partial charge is 0.251 e. The van der Waals surface area contributed by atoms with Crippen LogP contribution in [0.2, 0.25) is 0 Å². The van der Waals surface area contributed by atoms with Gasteiger partial charge in [-0.1, -0.05) is 38.5 Å². The summed E-state index contributed by atoms with van der Waals surface area (Å²) in [5.41, 5.74) is 0.475. The van der Waals surface area contributed by atoms with Crippen LogP contribution in [-0.2, 0) is 4.79 Å². The highest BCUT2D eigenvalue weighted by Crippen LogP contribution is 2.27. The molecule has 1 aromatic heterocycles. The zero-order valence-corrected chi connectivity index (χ0v) is 17.5. The van der Waals surface area contributed by atoms with Crippen LogP contribution in [0, 0.1) is 0 Å². The van der Waals surface area contributed by atoms with E-state index >= 15 is 0 Å². The Labute approximate surface area is 169 Å². The summed E-state index contributed by atoms with van der Waals surface area (Å²) in [7, 11) is 0. The molecule has 0 spiro atoms. The van der Waals surface area contributed by atoms with Gasteiger partial charge in [0.1, 0.15) is 10.8 Å². The Morgan fingerprint density at radius 1 is 1.11 bits per heavy atom. The van der Waals surface area contributed by atoms with Crippen molar-refractivity contribution in [3.8, 4) is 5.75 Å². The van der Waals surface area contributed by atoms with E-state index in [9.17, 15) is 9.59 Å². The monoisotopic (exact) mass is 404 g/mol. The maximum Gasteiger partial charge on any atom is 0.251 e. The van der Waals surface area contributed by atoms with Crippen LogP contribution in [-0.4, -0.2) is 35.2 Å². The zero-order chi connectivity index (χ0) is 20.4. The van der Waals surface area contributed by atoms with Crippen molar-refractivity contribution in [2.75, 3.05) is 18.5 Å². The lowest BCUT2D eigenvalue weighted by molar-refractivity contribution is -0.115. The van der Waals surface area contributed by atoms with Gasteiger partial charge in [-0.05, 0) is 43.5 Å². The largest absolute Gasteiger partial charge is 0.494 e. The maximum atomic E-state index is 12.2. The van der Waals surface area contributed by atoms with Crippen LogP contribution < -0.4 is 15.4 Å². The van der Waals surface area contributed by atoms with Crippen LogP contribution >= 0.6 is 11.3 Å². The van der Waals surface area contributed by atoms with Gasteiger partial charge in [0, 0.05) is 11.5 Å². The Hall–Kier alpha value is -2.48. The van der Waals surface area contributed by atoms with Crippen molar-refractivity contribution in [3.05, 3.63) is 34.8 Å². The number of benzene rings is 1. The van der Waals surface area contributed by atoms with E-state index in [0.29, 0.717) is 23.2 Å². The van der Waals surface area contributed by atoms with Crippen molar-refractivity contribution in [3.63, 3.8) is 0 Å². The summed E-state index contributed by atoms with van der Waals surface area (Å²) in [5, 5.41) is 14.8. The molecule has 2 N–H and O–H groups in total. The van der Waals surface area contributed by atoms with Crippen LogP contribution in [0.5, 0.6) is 5.75 Å². The van der Waals surface area contributed by atoms with E-state index in [4.69, 9.17) is 4.74 Å². The van der Waals surface area contributed by atoms with Crippen molar-refractivity contribution in [2.24, 2.45) is 0 Å². The molecule has 0 saturated carbocycles. The quantitative estimate of drug-likeness (QED) is 0.552. The predicted octanol–water partition coefficient (Wildman–Crippen LogP) is 3.99. The molecule has 2 rings (SSSR count). The van der Waals surface area contributed by atoms with E-state index < -0.39 is 0 Å². The molecule has 0 radical (unpaired) electrons. The van der Waals surface area contributed by atoms with Crippen LogP contribution in [0.25, 0.3) is 0 Å². The molecule has 7 nitrogen and oxygen atoms in total. The molecule has 0 aliphatic heterocycles. The Morgan fingerprint density at radius 3 is 2.46 bits per heavy atom. The van der Waals surface area contributed by atoms with Gasteiger partial charge in [-0.25, -0.2) is 0 Å². The minimum Gasteiger partial charge on any atom is -0.494 e. The molecule has 8 heteroatoms. The minimum atomic E-state index is -0.333. The number of anilines is 1. The molecule has 0 aliphatic carbocycles. The predicted molar refractivity (Wildman–Crippen MR) is 111 cm³/mol. The molecule has 0 bridgehead atoms. The topological polar surface area (TPSA) is 93.2 Å². The first-order valence-electron chi connectivity index (χ1n) is 9.71. The van der Waals surface area contributed by atoms with Crippen LogP contribution in [0.1, 0.15) is 67.7 Å². The summed E-state index contributed by atoms with van der Waals surface area (Å²) in [6.45, 7) is 6.84. The number of unbranched alkanes of at least 4 members (excludes halogenated alkanes) is 1. The molecule has 28 heavy (non-hydrogen) atoms. The zero-order valence-electron chi connectivity index (χ0n) is 16.7. The average Bonchev–Trinajstić information content (AvgIpc) is 3.16. The van der Waals surface area contributed by atoms with E-state index in [1.807, 2.05) is 0 Å². The molecule has 1 aromatic carbocycles. The van der Waals surface area contributed by atoms with Crippen molar-refractivity contribution >= 4 is 28.3 Å². The van der Waals surface area contributed by atoms with Crippen molar-refractivity contribution in [2.45, 2.75) is 52.4 Å². The summed E-state index contributed by atoms with van der Waals surface area (Å²) in [6, 6.07) is 6.87. The molecule has 0 unspecified atom stereocenters. The fraction of sp³-hybridized carbons (Fsp3) is 0.500. The second-order valence-electron chi connectivity index (χ2n) is 6.42. The first kappa shape index (κ1) is 21.8. The van der Waals surface area contributed by atoms with Gasteiger partial charge in [0.15, 0.2) is 0 Å². The summed E-state index contributed by atoms with van der Waals surface area (Å²) >= 11 is 1.38. The third-order valence-corrected chi connectivity index (χ3v) is 5.32. The Bertz CT molecular complexity index is 757. The van der Waals surface area contributed by atoms with E-state index in [1.54, 1.807) is 24.3 Å². The highest BCUT2D eigenvalue weighted by molar-refractivity contribution is 7.15. The number of aromatic nitrogens is 2. The molecule has 0 aliphatic rings. The summed E-state index contributed by atoms with van der Waals surface area (Å²) < 4.78 is 5.57. The Kier molecular flexibility index (Phi) is 8.87. The van der Waals surface area contributed by atoms with Crippen LogP contribution in [0.4, 0.5) is 5.13 Å². The van der Waals surface area contributed by atoms with Crippen molar-refractivity contribution in [1.82, 2.24) is 15.5 Å². The number of nitrogens with zero attached hydrogens (tertiary/aromatic N) is 2. The van der Waals surface area contributed by atoms with Gasteiger partial charge in [0.2, 0.25) is 11.0 Å². The van der Waals surface area contributed by atoms with Gasteiger partial charge in [0.05, 0.1) is 13.2 Å². The second-order valence-corrected chi connectivity index (χ2v) is 7.43. The van der Waals surface area contributed by atoms with Gasteiger partial charge in [-0.15, -0.1) is 10.2 Å². The van der Waals surface area contributed by atoms with E-state index in [2.05, 4.69) is 41.6 Å². The number of rotatable bonds is 11. The molecule has 152 valence electrons. The number of amides is 2. The number of hydrogen-bond acceptors (Lipinski definition) is 6. The number of ether oxygens (including phenoxy) is 1. The van der Waals surface area contributed by atoms with Gasteiger partial charge in [-0.3, -0.25) is 14.9 Å². The maximum absolute atomic E-state index is 12.2. The molecule has 2 aromatic rings. The summed E-state index contributed by atoms with van der Waals surface area (Å²) in [5.74, 6) is 0.439. The SMILES string of the molecule is CCCCOc1ccc(C(=O)NCC(=O)Nc2nnc(C(CC)CC)s2)cc1. The highest BCUT2D eigenvalue weighted by Gasteiger charge is 2.15. The molecule has 0 atom stereocenters. The Balaban J connectivity index is 1.79. The lowest BCUT2D eigenvalue weighted by atomic mass is 10.1. The molecule has 0 fully saturated rings.